The maximum absolute atomic E-state index is 12.0. The van der Waals surface area contributed by atoms with E-state index in [9.17, 15) is 4.79 Å². The number of carbonyl (C=O) groups excluding carboxylic acids is 1. The van der Waals surface area contributed by atoms with Crippen molar-refractivity contribution >= 4 is 12.0 Å². The van der Waals surface area contributed by atoms with Crippen molar-refractivity contribution in [3.63, 3.8) is 0 Å². The first-order valence-electron chi connectivity index (χ1n) is 9.93. The van der Waals surface area contributed by atoms with Crippen molar-refractivity contribution in [2.75, 3.05) is 6.61 Å². The van der Waals surface area contributed by atoms with Gasteiger partial charge in [0.05, 0.1) is 6.61 Å². The van der Waals surface area contributed by atoms with Gasteiger partial charge >= 0.3 is 5.97 Å². The van der Waals surface area contributed by atoms with Gasteiger partial charge in [0, 0.05) is 6.08 Å². The molecule has 2 rings (SSSR count). The van der Waals surface area contributed by atoms with Gasteiger partial charge in [0.2, 0.25) is 0 Å². The molecule has 0 aliphatic carbocycles. The summed E-state index contributed by atoms with van der Waals surface area (Å²) in [5, 5.41) is 0. The molecular formula is C24H30O3. The van der Waals surface area contributed by atoms with E-state index in [1.165, 1.54) is 37.3 Å². The average molecular weight is 367 g/mol. The first-order chi connectivity index (χ1) is 13.2. The first-order valence-corrected chi connectivity index (χ1v) is 9.93. The van der Waals surface area contributed by atoms with Crippen LogP contribution in [0.3, 0.4) is 0 Å². The van der Waals surface area contributed by atoms with Crippen LogP contribution in [0.15, 0.2) is 54.6 Å². The van der Waals surface area contributed by atoms with Gasteiger partial charge in [0.25, 0.3) is 0 Å². The molecule has 0 fully saturated rings. The molecule has 0 saturated carbocycles. The van der Waals surface area contributed by atoms with Gasteiger partial charge in [0.1, 0.15) is 11.5 Å². The van der Waals surface area contributed by atoms with Crippen molar-refractivity contribution in [1.82, 2.24) is 0 Å². The summed E-state index contributed by atoms with van der Waals surface area (Å²) >= 11 is 0. The van der Waals surface area contributed by atoms with Crippen LogP contribution in [-0.4, -0.2) is 12.6 Å². The largest absolute Gasteiger partial charge is 0.494 e. The predicted molar refractivity (Wildman–Crippen MR) is 111 cm³/mol. The summed E-state index contributed by atoms with van der Waals surface area (Å²) in [6.45, 7) is 5.10. The van der Waals surface area contributed by atoms with Crippen molar-refractivity contribution in [2.45, 2.75) is 52.4 Å². The number of aryl methyl sites for hydroxylation is 1. The van der Waals surface area contributed by atoms with Crippen molar-refractivity contribution in [2.24, 2.45) is 0 Å². The van der Waals surface area contributed by atoms with Crippen LogP contribution >= 0.6 is 0 Å². The summed E-state index contributed by atoms with van der Waals surface area (Å²) < 4.78 is 11.0. The Morgan fingerprint density at radius 3 is 2.19 bits per heavy atom. The van der Waals surface area contributed by atoms with E-state index in [1.807, 2.05) is 48.5 Å². The quantitative estimate of drug-likeness (QED) is 0.205. The molecule has 0 N–H and O–H groups in total. The van der Waals surface area contributed by atoms with Crippen LogP contribution in [0, 0.1) is 0 Å². The van der Waals surface area contributed by atoms with Gasteiger partial charge in [-0.1, -0.05) is 57.4 Å². The lowest BCUT2D eigenvalue weighted by atomic mass is 10.1. The third-order valence-corrected chi connectivity index (χ3v) is 4.27. The number of hydrogen-bond donors (Lipinski definition) is 0. The number of benzene rings is 2. The van der Waals surface area contributed by atoms with Crippen LogP contribution in [0.2, 0.25) is 0 Å². The SMILES string of the molecule is CCCCCOc1ccc(C=CC(=O)Oc2ccc(CCCC)cc2)cc1. The minimum absolute atomic E-state index is 0.379. The second-order valence-electron chi connectivity index (χ2n) is 6.63. The number of unbranched alkanes of at least 4 members (excludes halogenated alkanes) is 3. The van der Waals surface area contributed by atoms with Crippen molar-refractivity contribution in [3.8, 4) is 11.5 Å². The van der Waals surface area contributed by atoms with Gasteiger partial charge in [-0.3, -0.25) is 0 Å². The third-order valence-electron chi connectivity index (χ3n) is 4.27. The summed E-state index contributed by atoms with van der Waals surface area (Å²) in [7, 11) is 0. The van der Waals surface area contributed by atoms with Crippen LogP contribution in [0.25, 0.3) is 6.08 Å². The van der Waals surface area contributed by atoms with Crippen molar-refractivity contribution in [1.29, 1.82) is 0 Å². The lowest BCUT2D eigenvalue weighted by molar-refractivity contribution is -0.128. The summed E-state index contributed by atoms with van der Waals surface area (Å²) in [5.41, 5.74) is 2.20. The molecule has 0 aliphatic heterocycles. The zero-order chi connectivity index (χ0) is 19.3. The summed E-state index contributed by atoms with van der Waals surface area (Å²) in [5.74, 6) is 1.05. The third kappa shape index (κ3) is 8.12. The normalized spacial score (nSPS) is 10.9. The van der Waals surface area contributed by atoms with Crippen molar-refractivity contribution < 1.29 is 14.3 Å². The second-order valence-corrected chi connectivity index (χ2v) is 6.63. The monoisotopic (exact) mass is 366 g/mol. The molecule has 2 aromatic carbocycles. The Morgan fingerprint density at radius 1 is 0.852 bits per heavy atom. The molecule has 0 aliphatic rings. The molecule has 0 bridgehead atoms. The molecule has 0 atom stereocenters. The lowest BCUT2D eigenvalue weighted by Gasteiger charge is -2.05. The Kier molecular flexibility index (Phi) is 9.19. The molecule has 0 radical (unpaired) electrons. The molecule has 2 aromatic rings. The fourth-order valence-electron chi connectivity index (χ4n) is 2.64. The molecule has 27 heavy (non-hydrogen) atoms. The molecule has 0 unspecified atom stereocenters. The van der Waals surface area contributed by atoms with Crippen LogP contribution in [0.5, 0.6) is 11.5 Å². The minimum atomic E-state index is -0.379. The van der Waals surface area contributed by atoms with Gasteiger partial charge in [-0.05, 0) is 60.7 Å². The first kappa shape index (κ1) is 20.8. The number of carbonyl (C=O) groups is 1. The maximum Gasteiger partial charge on any atom is 0.336 e. The van der Waals surface area contributed by atoms with Gasteiger partial charge in [0.15, 0.2) is 0 Å². The predicted octanol–water partition coefficient (Wildman–Crippen LogP) is 6.22. The standard InChI is InChI=1S/C24H30O3/c1-3-5-7-19-26-22-14-9-21(10-15-22)13-18-24(25)27-23-16-11-20(12-17-23)8-6-4-2/h9-18H,3-8,19H2,1-2H3. The smallest absolute Gasteiger partial charge is 0.336 e. The average Bonchev–Trinajstić information content (AvgIpc) is 2.70. The molecule has 0 saturated heterocycles. The Morgan fingerprint density at radius 2 is 1.52 bits per heavy atom. The Bertz CT molecular complexity index is 699. The highest BCUT2D eigenvalue weighted by Gasteiger charge is 2.01. The molecule has 3 heteroatoms. The zero-order valence-corrected chi connectivity index (χ0v) is 16.4. The van der Waals surface area contributed by atoms with Crippen LogP contribution < -0.4 is 9.47 Å². The van der Waals surface area contributed by atoms with Gasteiger partial charge in [-0.25, -0.2) is 4.79 Å². The zero-order valence-electron chi connectivity index (χ0n) is 16.4. The number of hydrogen-bond acceptors (Lipinski definition) is 3. The Labute approximate surface area is 163 Å². The van der Waals surface area contributed by atoms with Gasteiger partial charge in [-0.2, -0.15) is 0 Å². The highest BCUT2D eigenvalue weighted by molar-refractivity contribution is 5.88. The fraction of sp³-hybridized carbons (Fsp3) is 0.375. The van der Waals surface area contributed by atoms with E-state index < -0.39 is 0 Å². The molecule has 144 valence electrons. The number of ether oxygens (including phenoxy) is 2. The highest BCUT2D eigenvalue weighted by Crippen LogP contribution is 2.16. The van der Waals surface area contributed by atoms with E-state index >= 15 is 0 Å². The highest BCUT2D eigenvalue weighted by atomic mass is 16.5. The van der Waals surface area contributed by atoms with E-state index in [2.05, 4.69) is 13.8 Å². The van der Waals surface area contributed by atoms with E-state index in [1.54, 1.807) is 6.08 Å². The molecule has 3 nitrogen and oxygen atoms in total. The van der Waals surface area contributed by atoms with E-state index in [-0.39, 0.29) is 5.97 Å². The molecule has 0 spiro atoms. The van der Waals surface area contributed by atoms with Crippen LogP contribution in [0.4, 0.5) is 0 Å². The summed E-state index contributed by atoms with van der Waals surface area (Å²) in [6, 6.07) is 15.4. The molecular weight excluding hydrogens is 336 g/mol. The topological polar surface area (TPSA) is 35.5 Å². The molecule has 0 heterocycles. The van der Waals surface area contributed by atoms with Crippen LogP contribution in [0.1, 0.15) is 57.1 Å². The summed E-state index contributed by atoms with van der Waals surface area (Å²) in [6.07, 6.45) is 10.0. The van der Waals surface area contributed by atoms with E-state index in [0.717, 1.165) is 30.8 Å². The van der Waals surface area contributed by atoms with E-state index in [4.69, 9.17) is 9.47 Å². The second kappa shape index (κ2) is 11.9. The maximum atomic E-state index is 12.0. The number of esters is 1. The number of rotatable bonds is 11. The van der Waals surface area contributed by atoms with Crippen molar-refractivity contribution in [3.05, 3.63) is 65.7 Å². The summed E-state index contributed by atoms with van der Waals surface area (Å²) in [4.78, 5) is 12.0. The van der Waals surface area contributed by atoms with Gasteiger partial charge < -0.3 is 9.47 Å². The Balaban J connectivity index is 1.80. The minimum Gasteiger partial charge on any atom is -0.494 e. The molecule has 0 aromatic heterocycles. The fourth-order valence-corrected chi connectivity index (χ4v) is 2.64. The van der Waals surface area contributed by atoms with E-state index in [0.29, 0.717) is 5.75 Å². The Hall–Kier alpha value is -2.55. The van der Waals surface area contributed by atoms with Gasteiger partial charge in [-0.15, -0.1) is 0 Å². The lowest BCUT2D eigenvalue weighted by Crippen LogP contribution is -2.03. The van der Waals surface area contributed by atoms with Crippen LogP contribution in [-0.2, 0) is 11.2 Å². The molecule has 0 amide bonds.